The van der Waals surface area contributed by atoms with E-state index in [0.717, 1.165) is 0 Å². The molecule has 0 heterocycles. The Labute approximate surface area is 72.6 Å². The van der Waals surface area contributed by atoms with Gasteiger partial charge in [0.25, 0.3) is 0 Å². The van der Waals surface area contributed by atoms with Gasteiger partial charge < -0.3 is 0 Å². The van der Waals surface area contributed by atoms with Crippen LogP contribution in [0.3, 0.4) is 0 Å². The first-order valence-electron chi connectivity index (χ1n) is 3.19. The number of hydrogen-bond donors (Lipinski definition) is 0. The Kier molecular flexibility index (Phi) is 5.27. The number of hydrogen-bond acceptors (Lipinski definition) is 4. The van der Waals surface area contributed by atoms with E-state index >= 15 is 0 Å². The molecule has 0 unspecified atom stereocenters. The molecule has 0 fully saturated rings. The van der Waals surface area contributed by atoms with E-state index in [1.54, 1.807) is 0 Å². The van der Waals surface area contributed by atoms with Crippen molar-refractivity contribution in [3.05, 3.63) is 0 Å². The Hall–Kier alpha value is -0.261. The number of carbonyl (C=O) groups excluding carboxylic acids is 2. The van der Waals surface area contributed by atoms with Gasteiger partial charge in [0.15, 0.2) is 0 Å². The summed E-state index contributed by atoms with van der Waals surface area (Å²) in [6.07, 6.45) is 0. The quantitative estimate of drug-likeness (QED) is 0.720. The Morgan fingerprint density at radius 2 is 1.55 bits per heavy atom. The van der Waals surface area contributed by atoms with Crippen LogP contribution in [0.2, 0.25) is 4.44 Å². The zero-order chi connectivity index (χ0) is 8.85. The van der Waals surface area contributed by atoms with Crippen molar-refractivity contribution in [3.63, 3.8) is 0 Å². The van der Waals surface area contributed by atoms with Crippen LogP contribution in [0.5, 0.6) is 0 Å². The van der Waals surface area contributed by atoms with Crippen LogP contribution in [-0.4, -0.2) is 41.9 Å². The molecule has 0 aromatic heterocycles. The minimum absolute atomic E-state index is 0.346. The monoisotopic (exact) mass is 267 g/mol. The van der Waals surface area contributed by atoms with Crippen LogP contribution in [0.25, 0.3) is 0 Å². The second-order valence-corrected chi connectivity index (χ2v) is 8.90. The molecule has 5 heteroatoms. The standard InChI is InChI=1S/2C2H3O2.C2H5.Sn/c2*1-4-2-3;1-2;/h2*1H3;1H2,2H3;. The van der Waals surface area contributed by atoms with Crippen molar-refractivity contribution in [2.75, 3.05) is 14.2 Å². The SMILES string of the molecule is C[CH2][Sn]([C](=O)OC)[C](=O)OC. The summed E-state index contributed by atoms with van der Waals surface area (Å²) in [5.41, 5.74) is 0. The number of ether oxygens (including phenoxy) is 2. The van der Waals surface area contributed by atoms with Gasteiger partial charge in [-0.2, -0.15) is 0 Å². The second kappa shape index (κ2) is 5.40. The predicted octanol–water partition coefficient (Wildman–Crippen LogP) is 1.20. The molecule has 0 aliphatic rings. The van der Waals surface area contributed by atoms with Gasteiger partial charge in [-0.15, -0.1) is 0 Å². The third-order valence-electron chi connectivity index (χ3n) is 1.22. The van der Waals surface area contributed by atoms with E-state index < -0.39 is 19.8 Å². The van der Waals surface area contributed by atoms with Crippen molar-refractivity contribution in [3.8, 4) is 0 Å². The summed E-state index contributed by atoms with van der Waals surface area (Å²) in [5, 5.41) is 0. The number of rotatable bonds is 3. The van der Waals surface area contributed by atoms with E-state index in [1.807, 2.05) is 6.92 Å². The van der Waals surface area contributed by atoms with Crippen LogP contribution >= 0.6 is 0 Å². The molecule has 0 aliphatic carbocycles. The molecule has 0 spiro atoms. The van der Waals surface area contributed by atoms with Gasteiger partial charge in [0, 0.05) is 0 Å². The van der Waals surface area contributed by atoms with Crippen LogP contribution in [0, 0.1) is 0 Å². The zero-order valence-electron chi connectivity index (χ0n) is 6.84. The molecule has 0 atom stereocenters. The van der Waals surface area contributed by atoms with Gasteiger partial charge in [-0.05, 0) is 0 Å². The molecular formula is C6H11O4Sn. The van der Waals surface area contributed by atoms with Gasteiger partial charge in [0.2, 0.25) is 0 Å². The van der Waals surface area contributed by atoms with Gasteiger partial charge in [-0.25, -0.2) is 0 Å². The van der Waals surface area contributed by atoms with E-state index in [4.69, 9.17) is 0 Å². The molecule has 0 N–H and O–H groups in total. The first-order valence-corrected chi connectivity index (χ1v) is 8.07. The molecule has 0 saturated carbocycles. The van der Waals surface area contributed by atoms with Crippen LogP contribution in [0.15, 0.2) is 0 Å². The summed E-state index contributed by atoms with van der Waals surface area (Å²) in [5.74, 6) is 0. The average molecular weight is 266 g/mol. The van der Waals surface area contributed by atoms with Gasteiger partial charge in [-0.1, -0.05) is 0 Å². The molecule has 0 rings (SSSR count). The van der Waals surface area contributed by atoms with Crippen molar-refractivity contribution in [1.82, 2.24) is 0 Å². The summed E-state index contributed by atoms with van der Waals surface area (Å²) in [7, 11) is 2.59. The predicted molar refractivity (Wildman–Crippen MR) is 41.0 cm³/mol. The first-order chi connectivity index (χ1) is 5.17. The molecule has 0 saturated heterocycles. The Bertz CT molecular complexity index is 141. The van der Waals surface area contributed by atoms with E-state index in [9.17, 15) is 9.59 Å². The van der Waals surface area contributed by atoms with E-state index in [1.165, 1.54) is 14.2 Å². The topological polar surface area (TPSA) is 52.6 Å². The average Bonchev–Trinajstić information content (AvgIpc) is 2.05. The van der Waals surface area contributed by atoms with Crippen LogP contribution < -0.4 is 0 Å². The van der Waals surface area contributed by atoms with Crippen molar-refractivity contribution < 1.29 is 19.1 Å². The molecule has 11 heavy (non-hydrogen) atoms. The minimum atomic E-state index is -2.69. The van der Waals surface area contributed by atoms with Crippen LogP contribution in [0.1, 0.15) is 6.92 Å². The summed E-state index contributed by atoms with van der Waals surface area (Å²) >= 11 is -2.69. The summed E-state index contributed by atoms with van der Waals surface area (Å²) in [6, 6.07) is 0. The fourth-order valence-electron chi connectivity index (χ4n) is 0.618. The number of carbonyl (C=O) groups is 2. The summed E-state index contributed by atoms with van der Waals surface area (Å²) < 4.78 is 8.86. The van der Waals surface area contributed by atoms with Crippen molar-refractivity contribution in [1.29, 1.82) is 0 Å². The van der Waals surface area contributed by atoms with Gasteiger partial charge >= 0.3 is 72.4 Å². The van der Waals surface area contributed by atoms with Crippen molar-refractivity contribution in [2.24, 2.45) is 0 Å². The maximum absolute atomic E-state index is 10.9. The normalized spacial score (nSPS) is 9.45. The molecular weight excluding hydrogens is 255 g/mol. The van der Waals surface area contributed by atoms with Crippen LogP contribution in [0.4, 0.5) is 9.59 Å². The molecule has 0 bridgehead atoms. The second-order valence-electron chi connectivity index (χ2n) is 1.82. The Balaban J connectivity index is 4.15. The van der Waals surface area contributed by atoms with E-state index in [2.05, 4.69) is 9.47 Å². The van der Waals surface area contributed by atoms with Gasteiger partial charge in [-0.3, -0.25) is 0 Å². The summed E-state index contributed by atoms with van der Waals surface area (Å²) in [4.78, 5) is 21.8. The Morgan fingerprint density at radius 3 is 1.73 bits per heavy atom. The molecule has 0 aromatic rings. The summed E-state index contributed by atoms with van der Waals surface area (Å²) in [6.45, 7) is 1.81. The fourth-order valence-corrected chi connectivity index (χ4v) is 4.15. The molecule has 1 radical (unpaired) electrons. The molecule has 0 aliphatic heterocycles. The van der Waals surface area contributed by atoms with E-state index in [-0.39, 0.29) is 7.97 Å². The zero-order valence-corrected chi connectivity index (χ0v) is 9.69. The number of methoxy groups -OCH3 is 2. The third kappa shape index (κ3) is 3.09. The molecule has 4 nitrogen and oxygen atoms in total. The Morgan fingerprint density at radius 1 is 1.18 bits per heavy atom. The van der Waals surface area contributed by atoms with Crippen LogP contribution in [-0.2, 0) is 9.47 Å². The van der Waals surface area contributed by atoms with Crippen molar-refractivity contribution in [2.45, 2.75) is 11.4 Å². The van der Waals surface area contributed by atoms with E-state index in [0.29, 0.717) is 4.44 Å². The van der Waals surface area contributed by atoms with Gasteiger partial charge in [0.1, 0.15) is 0 Å². The molecule has 0 amide bonds. The fraction of sp³-hybridized carbons (Fsp3) is 0.667. The first kappa shape index (κ1) is 10.7. The molecule has 0 aromatic carbocycles. The third-order valence-corrected chi connectivity index (χ3v) is 7.21. The maximum atomic E-state index is 10.9. The van der Waals surface area contributed by atoms with Crippen molar-refractivity contribution >= 4 is 27.7 Å². The molecule has 63 valence electrons. The van der Waals surface area contributed by atoms with Gasteiger partial charge in [0.05, 0.1) is 0 Å².